The number of carbonyl (C=O) groups is 1. The lowest BCUT2D eigenvalue weighted by molar-refractivity contribution is -0.123. The fraction of sp³-hybridized carbons (Fsp3) is 0.429. The quantitative estimate of drug-likeness (QED) is 0.885. The highest BCUT2D eigenvalue weighted by Crippen LogP contribution is 2.30. The molecular weight excluding hydrogens is 242 g/mol. The fourth-order valence-electron chi connectivity index (χ4n) is 2.26. The maximum Gasteiger partial charge on any atom is 0.243 e. The van der Waals surface area contributed by atoms with E-state index in [1.807, 2.05) is 36.1 Å². The first-order valence-corrected chi connectivity index (χ1v) is 6.41. The molecule has 1 fully saturated rings. The molecule has 5 nitrogen and oxygen atoms in total. The van der Waals surface area contributed by atoms with Crippen LogP contribution in [0, 0.1) is 11.3 Å². The molecule has 100 valence electrons. The van der Waals surface area contributed by atoms with Gasteiger partial charge in [-0.05, 0) is 19.1 Å². The maximum atomic E-state index is 11.9. The van der Waals surface area contributed by atoms with Gasteiger partial charge in [-0.2, -0.15) is 5.26 Å². The van der Waals surface area contributed by atoms with Crippen LogP contribution in [0.5, 0.6) is 5.75 Å². The van der Waals surface area contributed by atoms with Crippen molar-refractivity contribution >= 4 is 11.6 Å². The average molecular weight is 259 g/mol. The molecule has 0 radical (unpaired) electrons. The fourth-order valence-corrected chi connectivity index (χ4v) is 2.26. The second-order valence-corrected chi connectivity index (χ2v) is 4.26. The van der Waals surface area contributed by atoms with Crippen LogP contribution < -0.4 is 15.0 Å². The number of benzene rings is 1. The van der Waals surface area contributed by atoms with E-state index >= 15 is 0 Å². The molecule has 1 atom stereocenters. The first-order valence-electron chi connectivity index (χ1n) is 6.41. The number of rotatable bonds is 4. The van der Waals surface area contributed by atoms with E-state index in [-0.39, 0.29) is 12.3 Å². The van der Waals surface area contributed by atoms with Crippen LogP contribution in [0.2, 0.25) is 0 Å². The molecule has 1 saturated heterocycles. The summed E-state index contributed by atoms with van der Waals surface area (Å²) in [7, 11) is 0. The van der Waals surface area contributed by atoms with Gasteiger partial charge in [0.1, 0.15) is 11.8 Å². The van der Waals surface area contributed by atoms with Crippen molar-refractivity contribution in [1.82, 2.24) is 5.32 Å². The Morgan fingerprint density at radius 2 is 2.32 bits per heavy atom. The zero-order valence-corrected chi connectivity index (χ0v) is 10.9. The van der Waals surface area contributed by atoms with Crippen LogP contribution in [0.25, 0.3) is 0 Å². The molecule has 19 heavy (non-hydrogen) atoms. The summed E-state index contributed by atoms with van der Waals surface area (Å²) >= 11 is 0. The number of ether oxygens (including phenoxy) is 1. The summed E-state index contributed by atoms with van der Waals surface area (Å²) in [4.78, 5) is 13.8. The highest BCUT2D eigenvalue weighted by molar-refractivity contribution is 5.87. The Bertz CT molecular complexity index is 496. The molecule has 0 aliphatic carbocycles. The molecule has 5 heteroatoms. The zero-order valence-electron chi connectivity index (χ0n) is 10.9. The number of anilines is 1. The van der Waals surface area contributed by atoms with Gasteiger partial charge >= 0.3 is 0 Å². The van der Waals surface area contributed by atoms with E-state index in [4.69, 9.17) is 10.00 Å². The minimum absolute atomic E-state index is 0.0981. The SMILES string of the molecule is CCOc1ccccc1N1CCNC(=O)C1CC#N. The highest BCUT2D eigenvalue weighted by Gasteiger charge is 2.30. The van der Waals surface area contributed by atoms with Gasteiger partial charge < -0.3 is 15.0 Å². The van der Waals surface area contributed by atoms with E-state index in [9.17, 15) is 4.79 Å². The highest BCUT2D eigenvalue weighted by atomic mass is 16.5. The van der Waals surface area contributed by atoms with E-state index in [0.717, 1.165) is 11.4 Å². The number of para-hydroxylation sites is 2. The first-order chi connectivity index (χ1) is 9.27. The molecule has 1 aromatic rings. The minimum Gasteiger partial charge on any atom is -0.492 e. The summed E-state index contributed by atoms with van der Waals surface area (Å²) in [5.74, 6) is 0.654. The van der Waals surface area contributed by atoms with Gasteiger partial charge in [0.15, 0.2) is 0 Å². The lowest BCUT2D eigenvalue weighted by atomic mass is 10.1. The Labute approximate surface area is 112 Å². The van der Waals surface area contributed by atoms with Crippen LogP contribution in [0.1, 0.15) is 13.3 Å². The van der Waals surface area contributed by atoms with Gasteiger partial charge in [-0.1, -0.05) is 12.1 Å². The molecule has 1 aromatic carbocycles. The summed E-state index contributed by atoms with van der Waals surface area (Å²) in [6, 6.07) is 9.25. The van der Waals surface area contributed by atoms with Crippen molar-refractivity contribution in [3.63, 3.8) is 0 Å². The molecule has 1 unspecified atom stereocenters. The van der Waals surface area contributed by atoms with Crippen LogP contribution in [0.4, 0.5) is 5.69 Å². The summed E-state index contributed by atoms with van der Waals surface area (Å²) in [6.45, 7) is 3.76. The van der Waals surface area contributed by atoms with Crippen LogP contribution >= 0.6 is 0 Å². The topological polar surface area (TPSA) is 65.4 Å². The van der Waals surface area contributed by atoms with Gasteiger partial charge in [-0.15, -0.1) is 0 Å². The normalized spacial score (nSPS) is 18.6. The lowest BCUT2D eigenvalue weighted by Crippen LogP contribution is -2.55. The van der Waals surface area contributed by atoms with Crippen molar-refractivity contribution in [2.24, 2.45) is 0 Å². The molecule has 2 rings (SSSR count). The van der Waals surface area contributed by atoms with Crippen molar-refractivity contribution in [1.29, 1.82) is 5.26 Å². The third kappa shape index (κ3) is 2.79. The number of hydrogen-bond donors (Lipinski definition) is 1. The standard InChI is InChI=1S/C14H17N3O2/c1-2-19-13-6-4-3-5-11(13)17-10-9-16-14(18)12(17)7-8-15/h3-6,12H,2,7,9-10H2,1H3,(H,16,18). The number of piperazine rings is 1. The second kappa shape index (κ2) is 6.10. The van der Waals surface area contributed by atoms with Crippen molar-refractivity contribution in [2.75, 3.05) is 24.6 Å². The third-order valence-electron chi connectivity index (χ3n) is 3.09. The van der Waals surface area contributed by atoms with Gasteiger partial charge in [0.25, 0.3) is 0 Å². The van der Waals surface area contributed by atoms with E-state index in [0.29, 0.717) is 19.7 Å². The molecule has 1 aliphatic rings. The zero-order chi connectivity index (χ0) is 13.7. The summed E-state index contributed by atoms with van der Waals surface area (Å²) in [5.41, 5.74) is 0.874. The van der Waals surface area contributed by atoms with Crippen LogP contribution in [-0.4, -0.2) is 31.6 Å². The molecule has 1 aliphatic heterocycles. The Morgan fingerprint density at radius 3 is 3.05 bits per heavy atom. The van der Waals surface area contributed by atoms with Gasteiger partial charge in [-0.3, -0.25) is 4.79 Å². The van der Waals surface area contributed by atoms with Crippen LogP contribution in [0.15, 0.2) is 24.3 Å². The molecular formula is C14H17N3O2. The Balaban J connectivity index is 2.32. The van der Waals surface area contributed by atoms with E-state index in [1.165, 1.54) is 0 Å². The summed E-state index contributed by atoms with van der Waals surface area (Å²) in [5, 5.41) is 11.7. The van der Waals surface area contributed by atoms with Gasteiger partial charge in [0.05, 0.1) is 24.8 Å². The summed E-state index contributed by atoms with van der Waals surface area (Å²) < 4.78 is 5.60. The Kier molecular flexibility index (Phi) is 4.24. The predicted molar refractivity (Wildman–Crippen MR) is 72.0 cm³/mol. The molecule has 0 aromatic heterocycles. The maximum absolute atomic E-state index is 11.9. The largest absolute Gasteiger partial charge is 0.492 e. The van der Waals surface area contributed by atoms with Crippen molar-refractivity contribution in [2.45, 2.75) is 19.4 Å². The van der Waals surface area contributed by atoms with E-state index in [1.54, 1.807) is 0 Å². The van der Waals surface area contributed by atoms with Crippen LogP contribution in [-0.2, 0) is 4.79 Å². The second-order valence-electron chi connectivity index (χ2n) is 4.26. The minimum atomic E-state index is -0.444. The molecule has 0 spiro atoms. The van der Waals surface area contributed by atoms with Gasteiger partial charge in [0.2, 0.25) is 5.91 Å². The Hall–Kier alpha value is -2.22. The lowest BCUT2D eigenvalue weighted by Gasteiger charge is -2.36. The Morgan fingerprint density at radius 1 is 1.53 bits per heavy atom. The molecule has 1 heterocycles. The average Bonchev–Trinajstić information content (AvgIpc) is 2.42. The summed E-state index contributed by atoms with van der Waals surface area (Å²) in [6.07, 6.45) is 0.173. The number of nitrogens with zero attached hydrogens (tertiary/aromatic N) is 2. The molecule has 0 bridgehead atoms. The number of amides is 1. The monoisotopic (exact) mass is 259 g/mol. The van der Waals surface area contributed by atoms with Gasteiger partial charge in [0, 0.05) is 13.1 Å². The van der Waals surface area contributed by atoms with Crippen molar-refractivity contribution in [3.05, 3.63) is 24.3 Å². The number of nitriles is 1. The molecule has 1 N–H and O–H groups in total. The smallest absolute Gasteiger partial charge is 0.243 e. The first kappa shape index (κ1) is 13.2. The van der Waals surface area contributed by atoms with Crippen LogP contribution in [0.3, 0.4) is 0 Å². The molecule has 1 amide bonds. The number of nitrogens with one attached hydrogen (secondary N) is 1. The number of carbonyl (C=O) groups excluding carboxylic acids is 1. The van der Waals surface area contributed by atoms with E-state index < -0.39 is 6.04 Å². The number of hydrogen-bond acceptors (Lipinski definition) is 4. The van der Waals surface area contributed by atoms with Crippen molar-refractivity contribution in [3.8, 4) is 11.8 Å². The van der Waals surface area contributed by atoms with Gasteiger partial charge in [-0.25, -0.2) is 0 Å². The molecule has 0 saturated carbocycles. The third-order valence-corrected chi connectivity index (χ3v) is 3.09. The van der Waals surface area contributed by atoms with E-state index in [2.05, 4.69) is 11.4 Å². The predicted octanol–water partition coefficient (Wildman–Crippen LogP) is 1.30. The van der Waals surface area contributed by atoms with Crippen molar-refractivity contribution < 1.29 is 9.53 Å².